The molecule has 0 saturated heterocycles. The Balaban J connectivity index is 3.34. The van der Waals surface area contributed by atoms with Gasteiger partial charge in [-0.1, -0.05) is 12.5 Å². The molecular formula is C5H5N2O6S-. The summed E-state index contributed by atoms with van der Waals surface area (Å²) in [6.45, 7) is 1.06. The van der Waals surface area contributed by atoms with Gasteiger partial charge in [-0.2, -0.15) is 0 Å². The molecule has 78 valence electrons. The number of hydrogen-bond donors (Lipinski definition) is 0. The first-order chi connectivity index (χ1) is 6.27. The van der Waals surface area contributed by atoms with E-state index in [-0.39, 0.29) is 5.57 Å². The maximum atomic E-state index is 11.1. The summed E-state index contributed by atoms with van der Waals surface area (Å²) in [6, 6.07) is -0.628. The van der Waals surface area contributed by atoms with Crippen molar-refractivity contribution in [2.24, 2.45) is 0 Å². The van der Waals surface area contributed by atoms with Crippen LogP contribution >= 0.6 is 0 Å². The van der Waals surface area contributed by atoms with Crippen molar-refractivity contribution in [2.75, 3.05) is 5.75 Å². The maximum absolute atomic E-state index is 11.1. The van der Waals surface area contributed by atoms with E-state index in [1.807, 2.05) is 0 Å². The second-order valence-corrected chi connectivity index (χ2v) is 4.56. The van der Waals surface area contributed by atoms with E-state index in [1.54, 1.807) is 0 Å². The predicted molar refractivity (Wildman–Crippen MR) is 43.7 cm³/mol. The van der Waals surface area contributed by atoms with E-state index in [9.17, 15) is 28.6 Å². The van der Waals surface area contributed by atoms with Crippen LogP contribution in [0.4, 0.5) is 0 Å². The van der Waals surface area contributed by atoms with Gasteiger partial charge in [0.05, 0.1) is 5.75 Å². The predicted octanol–water partition coefficient (Wildman–Crippen LogP) is -0.268. The Hall–Kier alpha value is -1.64. The zero-order chi connectivity index (χ0) is 11.1. The lowest BCUT2D eigenvalue weighted by Crippen LogP contribution is -2.15. The molecule has 0 aromatic rings. The molecule has 1 aliphatic rings. The van der Waals surface area contributed by atoms with Gasteiger partial charge in [-0.25, -0.2) is 8.42 Å². The van der Waals surface area contributed by atoms with Crippen molar-refractivity contribution in [3.05, 3.63) is 36.9 Å². The van der Waals surface area contributed by atoms with Crippen LogP contribution in [0.2, 0.25) is 0 Å². The van der Waals surface area contributed by atoms with E-state index in [0.717, 1.165) is 6.92 Å². The van der Waals surface area contributed by atoms with Gasteiger partial charge in [-0.3, -0.25) is 20.2 Å². The van der Waals surface area contributed by atoms with E-state index in [4.69, 9.17) is 0 Å². The fourth-order valence-electron chi connectivity index (χ4n) is 1.15. The fraction of sp³-hybridized carbons (Fsp3) is 0.400. The molecule has 0 fully saturated rings. The minimum atomic E-state index is -4.13. The van der Waals surface area contributed by atoms with Crippen molar-refractivity contribution in [1.82, 2.24) is 0 Å². The average Bonchev–Trinajstić information content (AvgIpc) is 2.20. The van der Waals surface area contributed by atoms with E-state index in [1.165, 1.54) is 0 Å². The number of sulfone groups is 1. The Morgan fingerprint density at radius 2 is 1.86 bits per heavy atom. The number of rotatable bonds is 2. The first kappa shape index (κ1) is 10.4. The van der Waals surface area contributed by atoms with Crippen LogP contribution in [0.3, 0.4) is 0 Å². The minimum Gasteiger partial charge on any atom is -0.277 e. The highest BCUT2D eigenvalue weighted by Crippen LogP contribution is 2.32. The van der Waals surface area contributed by atoms with Crippen molar-refractivity contribution < 1.29 is 18.3 Å². The van der Waals surface area contributed by atoms with Crippen LogP contribution in [-0.4, -0.2) is 24.0 Å². The molecule has 1 rings (SSSR count). The number of nitro groups is 2. The Morgan fingerprint density at radius 3 is 2.07 bits per heavy atom. The smallest absolute Gasteiger partial charge is 0.225 e. The van der Waals surface area contributed by atoms with Gasteiger partial charge in [0.25, 0.3) is 0 Å². The number of hydrogen-bond acceptors (Lipinski definition) is 6. The van der Waals surface area contributed by atoms with E-state index < -0.39 is 36.5 Å². The van der Waals surface area contributed by atoms with Gasteiger partial charge in [0, 0.05) is 0 Å². The largest absolute Gasteiger partial charge is 0.277 e. The Kier molecular flexibility index (Phi) is 2.19. The maximum Gasteiger partial charge on any atom is 0.225 e. The third-order valence-electron chi connectivity index (χ3n) is 1.76. The molecule has 0 aliphatic carbocycles. The molecule has 9 heteroatoms. The summed E-state index contributed by atoms with van der Waals surface area (Å²) >= 11 is 0. The molecule has 0 aromatic carbocycles. The summed E-state index contributed by atoms with van der Waals surface area (Å²) in [5, 5.41) is 19.6. The highest BCUT2D eigenvalue weighted by Gasteiger charge is 2.39. The molecule has 0 N–H and O–H groups in total. The summed E-state index contributed by atoms with van der Waals surface area (Å²) in [5.74, 6) is -0.901. The van der Waals surface area contributed by atoms with Gasteiger partial charge in [-0.15, -0.1) is 0 Å². The zero-order valence-electron chi connectivity index (χ0n) is 6.96. The molecule has 0 unspecified atom stereocenters. The second kappa shape index (κ2) is 2.94. The van der Waals surface area contributed by atoms with Crippen LogP contribution in [0.25, 0.3) is 0 Å². The summed E-state index contributed by atoms with van der Waals surface area (Å²) in [5.41, 5.74) is -0.389. The molecule has 14 heavy (non-hydrogen) atoms. The van der Waals surface area contributed by atoms with Gasteiger partial charge in [-0.05, 0) is 9.85 Å². The summed E-state index contributed by atoms with van der Waals surface area (Å²) in [4.78, 5) is 18.6. The standard InChI is InChI=1S/C5H5N2O6S/c1-3-4(6(8)9)2-14(12,13)5(3)7(10)11/h2H2,1H3/q-1. The van der Waals surface area contributed by atoms with Crippen molar-refractivity contribution in [3.63, 3.8) is 0 Å². The molecular weight excluding hydrogens is 216 g/mol. The van der Waals surface area contributed by atoms with Crippen LogP contribution in [0.15, 0.2) is 10.6 Å². The van der Waals surface area contributed by atoms with Gasteiger partial charge in [0.15, 0.2) is 9.84 Å². The molecule has 0 spiro atoms. The molecule has 0 bridgehead atoms. The first-order valence-electron chi connectivity index (χ1n) is 3.36. The van der Waals surface area contributed by atoms with Crippen molar-refractivity contribution in [1.29, 1.82) is 0 Å². The van der Waals surface area contributed by atoms with Crippen molar-refractivity contribution in [3.8, 4) is 0 Å². The quantitative estimate of drug-likeness (QED) is 0.359. The molecule has 0 atom stereocenters. The highest BCUT2D eigenvalue weighted by molar-refractivity contribution is 7.95. The van der Waals surface area contributed by atoms with Crippen LogP contribution in [0, 0.1) is 26.3 Å². The lowest BCUT2D eigenvalue weighted by molar-refractivity contribution is -0.458. The van der Waals surface area contributed by atoms with Crippen LogP contribution < -0.4 is 0 Å². The third kappa shape index (κ3) is 1.41. The Bertz CT molecular complexity index is 435. The Morgan fingerprint density at radius 1 is 1.36 bits per heavy atom. The molecule has 8 nitrogen and oxygen atoms in total. The summed E-state index contributed by atoms with van der Waals surface area (Å²) < 4.78 is 22.2. The second-order valence-electron chi connectivity index (χ2n) is 2.65. The van der Waals surface area contributed by atoms with Crippen LogP contribution in [-0.2, 0) is 9.84 Å². The van der Waals surface area contributed by atoms with Gasteiger partial charge < -0.3 is 0 Å². The molecule has 1 aliphatic heterocycles. The molecule has 0 aromatic heterocycles. The fourth-order valence-corrected chi connectivity index (χ4v) is 2.78. The topological polar surface area (TPSA) is 120 Å². The van der Waals surface area contributed by atoms with E-state index in [0.29, 0.717) is 0 Å². The van der Waals surface area contributed by atoms with Crippen LogP contribution in [0.1, 0.15) is 6.92 Å². The summed E-state index contributed by atoms with van der Waals surface area (Å²) in [6.07, 6.45) is 0. The molecule has 1 heterocycles. The molecule has 0 amide bonds. The van der Waals surface area contributed by atoms with Crippen molar-refractivity contribution >= 4 is 9.84 Å². The lowest BCUT2D eigenvalue weighted by atomic mass is 10.2. The van der Waals surface area contributed by atoms with E-state index >= 15 is 0 Å². The number of nitrogens with zero attached hydrogens (tertiary/aromatic N) is 2. The Labute approximate surface area is 78.4 Å². The van der Waals surface area contributed by atoms with E-state index in [2.05, 4.69) is 0 Å². The SMILES string of the molecule is CC1=C([N+](=O)[O-])S(=O)(=O)C[C-]1[N+](=O)[O-]. The van der Waals surface area contributed by atoms with Gasteiger partial charge in [0.1, 0.15) is 6.04 Å². The van der Waals surface area contributed by atoms with Crippen LogP contribution in [0.5, 0.6) is 0 Å². The highest BCUT2D eigenvalue weighted by atomic mass is 32.2. The third-order valence-corrected chi connectivity index (χ3v) is 3.46. The zero-order valence-corrected chi connectivity index (χ0v) is 7.78. The minimum absolute atomic E-state index is 0.389. The molecule has 0 saturated carbocycles. The average molecular weight is 221 g/mol. The first-order valence-corrected chi connectivity index (χ1v) is 5.01. The van der Waals surface area contributed by atoms with Gasteiger partial charge >= 0.3 is 0 Å². The lowest BCUT2D eigenvalue weighted by Gasteiger charge is -2.06. The monoisotopic (exact) mass is 221 g/mol. The normalized spacial score (nSPS) is 19.9. The van der Waals surface area contributed by atoms with Gasteiger partial charge in [0.2, 0.25) is 5.03 Å². The summed E-state index contributed by atoms with van der Waals surface area (Å²) in [7, 11) is -4.13. The molecule has 0 radical (unpaired) electrons. The van der Waals surface area contributed by atoms with Crippen molar-refractivity contribution in [2.45, 2.75) is 6.92 Å².